The second-order valence-corrected chi connectivity index (χ2v) is 4.75. The number of hydrogen-bond acceptors (Lipinski definition) is 4. The van der Waals surface area contributed by atoms with Gasteiger partial charge in [-0.2, -0.15) is 10.4 Å². The minimum Gasteiger partial charge on any atom is -0.385 e. The van der Waals surface area contributed by atoms with Crippen molar-refractivity contribution >= 4 is 11.7 Å². The molecule has 0 aromatic heterocycles. The largest absolute Gasteiger partial charge is 0.385 e. The van der Waals surface area contributed by atoms with Crippen molar-refractivity contribution in [2.45, 2.75) is 12.8 Å². The van der Waals surface area contributed by atoms with Crippen LogP contribution in [0.15, 0.2) is 29.4 Å². The molecule has 1 aromatic carbocycles. The van der Waals surface area contributed by atoms with Crippen molar-refractivity contribution in [3.63, 3.8) is 0 Å². The fraction of sp³-hybridized carbons (Fsp3) is 0.308. The van der Waals surface area contributed by atoms with Crippen LogP contribution in [0.5, 0.6) is 0 Å². The average Bonchev–Trinajstić information content (AvgIpc) is 2.97. The molecule has 0 unspecified atom stereocenters. The van der Waals surface area contributed by atoms with Crippen LogP contribution in [-0.4, -0.2) is 11.7 Å². The summed E-state index contributed by atoms with van der Waals surface area (Å²) >= 11 is 0. The van der Waals surface area contributed by atoms with E-state index >= 15 is 0 Å². The molecule has 0 radical (unpaired) electrons. The third-order valence-electron chi connectivity index (χ3n) is 3.95. The van der Waals surface area contributed by atoms with Gasteiger partial charge in [-0.25, -0.2) is 5.43 Å². The summed E-state index contributed by atoms with van der Waals surface area (Å²) in [6, 6.07) is 9.94. The van der Waals surface area contributed by atoms with E-state index in [-0.39, 0.29) is 17.7 Å². The molecule has 1 aliphatic carbocycles. The summed E-state index contributed by atoms with van der Waals surface area (Å²) in [4.78, 5) is 12.0. The van der Waals surface area contributed by atoms with E-state index in [1.54, 1.807) is 0 Å². The topological polar surface area (TPSA) is 91.3 Å². The van der Waals surface area contributed by atoms with Crippen LogP contribution in [0, 0.1) is 29.6 Å². The zero-order chi connectivity index (χ0) is 12.9. The standard InChI is InChI=1S/C13H12N4O/c1-7-4-2-3-5-8(7)10-9(6-14)13(10)11(15)16-17-12(13)18/h2-5,9-10H,1H3,(H2,15,16)(H,17,18)/t9-,10+,13+/m1/s1. The van der Waals surface area contributed by atoms with Crippen LogP contribution >= 0.6 is 0 Å². The van der Waals surface area contributed by atoms with E-state index in [4.69, 9.17) is 5.73 Å². The van der Waals surface area contributed by atoms with Gasteiger partial charge >= 0.3 is 0 Å². The van der Waals surface area contributed by atoms with Crippen LogP contribution in [0.1, 0.15) is 17.0 Å². The van der Waals surface area contributed by atoms with Crippen molar-refractivity contribution < 1.29 is 4.79 Å². The Morgan fingerprint density at radius 2 is 2.22 bits per heavy atom. The first-order chi connectivity index (χ1) is 8.64. The SMILES string of the molecule is Cc1ccccc1[C@H]1[C@@H](C#N)[C@]12C(=O)NN=C2N. The molecule has 1 amide bonds. The minimum atomic E-state index is -0.944. The van der Waals surface area contributed by atoms with Crippen molar-refractivity contribution in [2.24, 2.45) is 22.2 Å². The molecule has 3 atom stereocenters. The summed E-state index contributed by atoms with van der Waals surface area (Å²) < 4.78 is 0. The number of amidine groups is 1. The van der Waals surface area contributed by atoms with Crippen LogP contribution in [-0.2, 0) is 4.79 Å². The fourth-order valence-corrected chi connectivity index (χ4v) is 2.94. The number of hydrazone groups is 1. The highest BCUT2D eigenvalue weighted by Gasteiger charge is 2.75. The van der Waals surface area contributed by atoms with Crippen LogP contribution in [0.4, 0.5) is 0 Å². The summed E-state index contributed by atoms with van der Waals surface area (Å²) in [7, 11) is 0. The molecule has 1 spiro atoms. The Kier molecular flexibility index (Phi) is 1.99. The second-order valence-electron chi connectivity index (χ2n) is 4.75. The van der Waals surface area contributed by atoms with Gasteiger partial charge in [0, 0.05) is 5.92 Å². The van der Waals surface area contributed by atoms with Gasteiger partial charge in [0.05, 0.1) is 12.0 Å². The Balaban J connectivity index is 2.11. The number of hydrogen-bond donors (Lipinski definition) is 2. The summed E-state index contributed by atoms with van der Waals surface area (Å²) in [5, 5.41) is 13.0. The smallest absolute Gasteiger partial charge is 0.256 e. The molecule has 3 rings (SSSR count). The predicted molar refractivity (Wildman–Crippen MR) is 65.2 cm³/mol. The van der Waals surface area contributed by atoms with Gasteiger partial charge in [0.1, 0.15) is 11.3 Å². The first-order valence-electron chi connectivity index (χ1n) is 5.73. The van der Waals surface area contributed by atoms with Gasteiger partial charge < -0.3 is 5.73 Å². The number of carbonyl (C=O) groups is 1. The van der Waals surface area contributed by atoms with Gasteiger partial charge in [0.2, 0.25) is 0 Å². The molecule has 5 nitrogen and oxygen atoms in total. The molecule has 1 heterocycles. The van der Waals surface area contributed by atoms with Gasteiger partial charge in [0.15, 0.2) is 0 Å². The average molecular weight is 240 g/mol. The summed E-state index contributed by atoms with van der Waals surface area (Å²) in [5.41, 5.74) is 9.32. The number of nitrogens with two attached hydrogens (primary N) is 1. The first-order valence-corrected chi connectivity index (χ1v) is 5.73. The highest BCUT2D eigenvalue weighted by molar-refractivity contribution is 6.16. The Bertz CT molecular complexity index is 616. The lowest BCUT2D eigenvalue weighted by Crippen LogP contribution is -2.32. The summed E-state index contributed by atoms with van der Waals surface area (Å²) in [6.45, 7) is 1.97. The minimum absolute atomic E-state index is 0.185. The van der Waals surface area contributed by atoms with Crippen molar-refractivity contribution in [3.05, 3.63) is 35.4 Å². The molecule has 1 fully saturated rings. The Hall–Kier alpha value is -2.35. The van der Waals surface area contributed by atoms with Gasteiger partial charge in [-0.05, 0) is 18.1 Å². The maximum Gasteiger partial charge on any atom is 0.256 e. The van der Waals surface area contributed by atoms with E-state index in [0.29, 0.717) is 0 Å². The normalized spacial score (nSPS) is 32.9. The molecule has 0 bridgehead atoms. The number of carbonyl (C=O) groups excluding carboxylic acids is 1. The van der Waals surface area contributed by atoms with Crippen LogP contribution in [0.25, 0.3) is 0 Å². The lowest BCUT2D eigenvalue weighted by atomic mass is 9.95. The van der Waals surface area contributed by atoms with Crippen LogP contribution in [0.2, 0.25) is 0 Å². The van der Waals surface area contributed by atoms with E-state index in [2.05, 4.69) is 16.6 Å². The lowest BCUT2D eigenvalue weighted by Gasteiger charge is -2.08. The van der Waals surface area contributed by atoms with E-state index in [9.17, 15) is 10.1 Å². The van der Waals surface area contributed by atoms with E-state index in [1.807, 2.05) is 31.2 Å². The van der Waals surface area contributed by atoms with Crippen LogP contribution in [0.3, 0.4) is 0 Å². The fourth-order valence-electron chi connectivity index (χ4n) is 2.94. The third kappa shape index (κ3) is 1.05. The molecule has 0 saturated heterocycles. The second kappa shape index (κ2) is 3.33. The van der Waals surface area contributed by atoms with Crippen LogP contribution < -0.4 is 11.2 Å². The Morgan fingerprint density at radius 1 is 1.50 bits per heavy atom. The molecule has 90 valence electrons. The monoisotopic (exact) mass is 240 g/mol. The summed E-state index contributed by atoms with van der Waals surface area (Å²) in [5.74, 6) is -0.646. The van der Waals surface area contributed by atoms with E-state index in [0.717, 1.165) is 11.1 Å². The van der Waals surface area contributed by atoms with Crippen molar-refractivity contribution in [1.82, 2.24) is 5.43 Å². The Labute approximate surface area is 104 Å². The molecule has 1 aromatic rings. The van der Waals surface area contributed by atoms with E-state index < -0.39 is 11.3 Å². The number of benzene rings is 1. The molecule has 5 heteroatoms. The first kappa shape index (κ1) is 10.8. The highest BCUT2D eigenvalue weighted by Crippen LogP contribution is 2.66. The van der Waals surface area contributed by atoms with E-state index in [1.165, 1.54) is 0 Å². The molecule has 18 heavy (non-hydrogen) atoms. The number of aryl methyl sites for hydroxylation is 1. The van der Waals surface area contributed by atoms with Gasteiger partial charge in [-0.15, -0.1) is 0 Å². The number of nitrogens with zero attached hydrogens (tertiary/aromatic N) is 2. The Morgan fingerprint density at radius 3 is 2.78 bits per heavy atom. The van der Waals surface area contributed by atoms with Crippen molar-refractivity contribution in [1.29, 1.82) is 5.26 Å². The number of nitrogens with one attached hydrogen (secondary N) is 1. The number of nitriles is 1. The molecular weight excluding hydrogens is 228 g/mol. The van der Waals surface area contributed by atoms with Gasteiger partial charge in [-0.1, -0.05) is 24.3 Å². The zero-order valence-electron chi connectivity index (χ0n) is 9.84. The lowest BCUT2D eigenvalue weighted by molar-refractivity contribution is -0.123. The van der Waals surface area contributed by atoms with Gasteiger partial charge in [0.25, 0.3) is 5.91 Å². The summed E-state index contributed by atoms with van der Waals surface area (Å²) in [6.07, 6.45) is 0. The maximum atomic E-state index is 12.0. The maximum absolute atomic E-state index is 12.0. The zero-order valence-corrected chi connectivity index (χ0v) is 9.84. The van der Waals surface area contributed by atoms with Crippen molar-refractivity contribution in [2.75, 3.05) is 0 Å². The highest BCUT2D eigenvalue weighted by atomic mass is 16.2. The predicted octanol–water partition coefficient (Wildman–Crippen LogP) is 0.620. The molecular formula is C13H12N4O. The number of amides is 1. The molecule has 1 saturated carbocycles. The molecule has 1 aliphatic heterocycles. The number of rotatable bonds is 1. The third-order valence-corrected chi connectivity index (χ3v) is 3.95. The van der Waals surface area contributed by atoms with Gasteiger partial charge in [-0.3, -0.25) is 4.79 Å². The van der Waals surface area contributed by atoms with Crippen molar-refractivity contribution in [3.8, 4) is 6.07 Å². The quantitative estimate of drug-likeness (QED) is 0.753. The molecule has 2 aliphatic rings. The molecule has 3 N–H and O–H groups in total.